The lowest BCUT2D eigenvalue weighted by Gasteiger charge is -2.05. The normalized spacial score (nSPS) is 13.1. The van der Waals surface area contributed by atoms with E-state index in [0.717, 1.165) is 40.7 Å². The number of sulfone groups is 1. The Morgan fingerprint density at radius 1 is 1.17 bits per heavy atom. The molecule has 0 radical (unpaired) electrons. The molecule has 29 heavy (non-hydrogen) atoms. The molecule has 0 bridgehead atoms. The predicted molar refractivity (Wildman–Crippen MR) is 110 cm³/mol. The Balaban J connectivity index is 1.64. The average Bonchev–Trinajstić information content (AvgIpc) is 3.27. The summed E-state index contributed by atoms with van der Waals surface area (Å²) in [6.07, 6.45) is 0.798. The van der Waals surface area contributed by atoms with E-state index in [1.807, 2.05) is 18.2 Å². The van der Waals surface area contributed by atoms with Gasteiger partial charge in [0.2, 0.25) is 0 Å². The maximum Gasteiger partial charge on any atom is 0.339 e. The number of ether oxygens (including phenoxy) is 1. The molecule has 0 fully saturated rings. The number of phenols is 1. The standard InChI is InChI=1S/C20H15ClO6S2/c21-19-15(12-2-4-17-13(8-12)5-6-27-17)9-18(28-19)29(25,26)10-11-1-3-14(20(23)24)16(22)7-11/h1-4,7-9,22H,5-6,10H2,(H,23,24). The summed E-state index contributed by atoms with van der Waals surface area (Å²) in [7, 11) is -3.73. The highest BCUT2D eigenvalue weighted by Crippen LogP contribution is 2.40. The van der Waals surface area contributed by atoms with Crippen LogP contribution in [0.4, 0.5) is 0 Å². The first-order valence-electron chi connectivity index (χ1n) is 8.58. The fourth-order valence-electron chi connectivity index (χ4n) is 3.19. The van der Waals surface area contributed by atoms with Gasteiger partial charge in [0.25, 0.3) is 0 Å². The van der Waals surface area contributed by atoms with Crippen molar-refractivity contribution in [3.05, 3.63) is 63.5 Å². The molecule has 0 atom stereocenters. The van der Waals surface area contributed by atoms with Crippen LogP contribution in [0.25, 0.3) is 11.1 Å². The van der Waals surface area contributed by atoms with Crippen LogP contribution in [0.1, 0.15) is 21.5 Å². The number of rotatable bonds is 5. The Kier molecular flexibility index (Phi) is 5.02. The molecule has 0 spiro atoms. The number of carbonyl (C=O) groups is 1. The molecule has 0 unspecified atom stereocenters. The molecule has 9 heteroatoms. The fraction of sp³-hybridized carbons (Fsp3) is 0.150. The van der Waals surface area contributed by atoms with E-state index >= 15 is 0 Å². The first-order chi connectivity index (χ1) is 13.7. The molecule has 3 aromatic rings. The first-order valence-corrected chi connectivity index (χ1v) is 11.4. The highest BCUT2D eigenvalue weighted by Gasteiger charge is 2.23. The number of aromatic carboxylic acids is 1. The van der Waals surface area contributed by atoms with Gasteiger partial charge in [0.05, 0.1) is 12.4 Å². The first kappa shape index (κ1) is 19.8. The van der Waals surface area contributed by atoms with Gasteiger partial charge in [0, 0.05) is 12.0 Å². The third-order valence-corrected chi connectivity index (χ3v) is 8.23. The van der Waals surface area contributed by atoms with Crippen molar-refractivity contribution in [1.29, 1.82) is 0 Å². The number of halogens is 1. The second-order valence-corrected chi connectivity index (χ2v) is 10.5. The van der Waals surface area contributed by atoms with Crippen molar-refractivity contribution in [1.82, 2.24) is 0 Å². The van der Waals surface area contributed by atoms with Crippen LogP contribution in [0.5, 0.6) is 11.5 Å². The third-order valence-electron chi connectivity index (χ3n) is 4.62. The summed E-state index contributed by atoms with van der Waals surface area (Å²) in [4.78, 5) is 11.0. The highest BCUT2D eigenvalue weighted by atomic mass is 35.5. The van der Waals surface area contributed by atoms with Crippen LogP contribution in [0.3, 0.4) is 0 Å². The molecule has 0 saturated carbocycles. The average molecular weight is 451 g/mol. The van der Waals surface area contributed by atoms with Gasteiger partial charge >= 0.3 is 5.97 Å². The molecule has 6 nitrogen and oxygen atoms in total. The molecule has 0 amide bonds. The Hall–Kier alpha value is -2.55. The van der Waals surface area contributed by atoms with Gasteiger partial charge in [0.15, 0.2) is 9.84 Å². The largest absolute Gasteiger partial charge is 0.507 e. The van der Waals surface area contributed by atoms with Gasteiger partial charge in [-0.1, -0.05) is 23.7 Å². The molecule has 1 aliphatic heterocycles. The summed E-state index contributed by atoms with van der Waals surface area (Å²) >= 11 is 7.31. The summed E-state index contributed by atoms with van der Waals surface area (Å²) in [6.45, 7) is 0.628. The minimum Gasteiger partial charge on any atom is -0.507 e. The molecule has 2 N–H and O–H groups in total. The van der Waals surface area contributed by atoms with Crippen molar-refractivity contribution < 1.29 is 28.2 Å². The van der Waals surface area contributed by atoms with Crippen molar-refractivity contribution in [3.63, 3.8) is 0 Å². The minimum atomic E-state index is -3.73. The van der Waals surface area contributed by atoms with E-state index in [4.69, 9.17) is 21.4 Å². The summed E-state index contributed by atoms with van der Waals surface area (Å²) < 4.78 is 31.7. The SMILES string of the molecule is O=C(O)c1ccc(CS(=O)(=O)c2cc(-c3ccc4c(c3)CCO4)c(Cl)s2)cc1O. The second kappa shape index (κ2) is 7.37. The van der Waals surface area contributed by atoms with E-state index in [1.165, 1.54) is 12.1 Å². The molecular weight excluding hydrogens is 436 g/mol. The third kappa shape index (κ3) is 3.83. The van der Waals surface area contributed by atoms with Crippen LogP contribution in [0.2, 0.25) is 4.34 Å². The zero-order valence-electron chi connectivity index (χ0n) is 14.9. The fourth-order valence-corrected chi connectivity index (χ4v) is 6.37. The van der Waals surface area contributed by atoms with E-state index in [9.17, 15) is 18.3 Å². The van der Waals surface area contributed by atoms with Crippen molar-refractivity contribution in [3.8, 4) is 22.6 Å². The van der Waals surface area contributed by atoms with E-state index in [0.29, 0.717) is 16.5 Å². The number of carboxylic acid groups (broad SMARTS) is 1. The molecular formula is C20H15ClO6S2. The summed E-state index contributed by atoms with van der Waals surface area (Å²) in [5.41, 5.74) is 2.51. The van der Waals surface area contributed by atoms with E-state index < -0.39 is 21.6 Å². The van der Waals surface area contributed by atoms with Crippen molar-refractivity contribution in [2.75, 3.05) is 6.61 Å². The Labute approximate surface area is 175 Å². The van der Waals surface area contributed by atoms with Crippen molar-refractivity contribution >= 4 is 38.7 Å². The minimum absolute atomic E-state index is 0.107. The zero-order valence-corrected chi connectivity index (χ0v) is 17.3. The van der Waals surface area contributed by atoms with Crippen LogP contribution in [-0.2, 0) is 22.0 Å². The number of benzene rings is 2. The topological polar surface area (TPSA) is 101 Å². The van der Waals surface area contributed by atoms with Crippen molar-refractivity contribution in [2.45, 2.75) is 16.4 Å². The number of hydrogen-bond donors (Lipinski definition) is 2. The molecule has 2 heterocycles. The van der Waals surface area contributed by atoms with Crippen LogP contribution in [-0.4, -0.2) is 31.2 Å². The van der Waals surface area contributed by atoms with Gasteiger partial charge in [-0.15, -0.1) is 11.3 Å². The number of aromatic hydroxyl groups is 1. The van der Waals surface area contributed by atoms with Gasteiger partial charge in [-0.25, -0.2) is 13.2 Å². The maximum absolute atomic E-state index is 12.8. The summed E-state index contributed by atoms with van der Waals surface area (Å²) in [5, 5.41) is 18.8. The van der Waals surface area contributed by atoms with Crippen LogP contribution < -0.4 is 4.74 Å². The number of carboxylic acids is 1. The number of fused-ring (bicyclic) bond motifs is 1. The Bertz CT molecular complexity index is 1230. The van der Waals surface area contributed by atoms with Gasteiger partial charge in [-0.2, -0.15) is 0 Å². The molecule has 150 valence electrons. The molecule has 4 rings (SSSR count). The van der Waals surface area contributed by atoms with Crippen LogP contribution in [0.15, 0.2) is 46.7 Å². The van der Waals surface area contributed by atoms with Crippen molar-refractivity contribution in [2.24, 2.45) is 0 Å². The summed E-state index contributed by atoms with van der Waals surface area (Å²) in [5.74, 6) is -1.31. The maximum atomic E-state index is 12.8. The zero-order chi connectivity index (χ0) is 20.8. The molecule has 0 aliphatic carbocycles. The van der Waals surface area contributed by atoms with E-state index in [-0.39, 0.29) is 21.1 Å². The van der Waals surface area contributed by atoms with E-state index in [1.54, 1.807) is 6.07 Å². The number of thiophene rings is 1. The van der Waals surface area contributed by atoms with Crippen LogP contribution in [0, 0.1) is 0 Å². The second-order valence-electron chi connectivity index (χ2n) is 6.59. The van der Waals surface area contributed by atoms with Gasteiger partial charge < -0.3 is 14.9 Å². The summed E-state index contributed by atoms with van der Waals surface area (Å²) in [6, 6.07) is 10.9. The quantitative estimate of drug-likeness (QED) is 0.598. The molecule has 1 aromatic heterocycles. The van der Waals surface area contributed by atoms with Gasteiger partial charge in [-0.3, -0.25) is 0 Å². The van der Waals surface area contributed by atoms with E-state index in [2.05, 4.69) is 0 Å². The molecule has 0 saturated heterocycles. The Morgan fingerprint density at radius 2 is 1.97 bits per heavy atom. The van der Waals surface area contributed by atoms with Gasteiger partial charge in [-0.05, 0) is 47.0 Å². The monoisotopic (exact) mass is 450 g/mol. The Morgan fingerprint density at radius 3 is 2.69 bits per heavy atom. The lowest BCUT2D eigenvalue weighted by Crippen LogP contribution is -2.04. The van der Waals surface area contributed by atoms with Crippen LogP contribution >= 0.6 is 22.9 Å². The lowest BCUT2D eigenvalue weighted by molar-refractivity contribution is 0.0693. The molecule has 2 aromatic carbocycles. The highest BCUT2D eigenvalue weighted by molar-refractivity contribution is 7.92. The smallest absolute Gasteiger partial charge is 0.339 e. The van der Waals surface area contributed by atoms with Gasteiger partial charge in [0.1, 0.15) is 25.6 Å². The molecule has 1 aliphatic rings. The predicted octanol–water partition coefficient (Wildman–Crippen LogP) is 4.38. The number of hydrogen-bond acceptors (Lipinski definition) is 6. The lowest BCUT2D eigenvalue weighted by atomic mass is 10.0.